The number of anilines is 1. The van der Waals surface area contributed by atoms with E-state index in [-0.39, 0.29) is 17.5 Å². The minimum Gasteiger partial charge on any atom is -0.476 e. The van der Waals surface area contributed by atoms with Gasteiger partial charge >= 0.3 is 5.97 Å². The Balaban J connectivity index is 2.79. The van der Waals surface area contributed by atoms with Gasteiger partial charge in [-0.2, -0.15) is 0 Å². The number of nitrogens with zero attached hydrogens (tertiary/aromatic N) is 2. The number of carboxylic acids is 1. The number of hydrogen-bond acceptors (Lipinski definition) is 5. The first-order chi connectivity index (χ1) is 8.95. The molecular weight excluding hydrogens is 248 g/mol. The third kappa shape index (κ3) is 4.20. The van der Waals surface area contributed by atoms with E-state index in [4.69, 9.17) is 5.11 Å². The van der Waals surface area contributed by atoms with Crippen LogP contribution in [0.15, 0.2) is 12.4 Å². The summed E-state index contributed by atoms with van der Waals surface area (Å²) in [5.74, 6) is -0.827. The Labute approximate surface area is 111 Å². The predicted octanol–water partition coefficient (Wildman–Crippen LogP) is 0.747. The molecule has 104 valence electrons. The van der Waals surface area contributed by atoms with E-state index in [1.165, 1.54) is 6.20 Å². The zero-order valence-electron chi connectivity index (χ0n) is 11.2. The molecule has 1 atom stereocenters. The molecule has 0 aliphatic rings. The maximum atomic E-state index is 11.8. The van der Waals surface area contributed by atoms with Gasteiger partial charge in [-0.3, -0.25) is 4.79 Å². The Morgan fingerprint density at radius 1 is 1.32 bits per heavy atom. The van der Waals surface area contributed by atoms with Crippen LogP contribution in [0.1, 0.15) is 31.3 Å². The topological polar surface area (TPSA) is 104 Å². The van der Waals surface area contributed by atoms with Crippen molar-refractivity contribution in [1.82, 2.24) is 15.3 Å². The van der Waals surface area contributed by atoms with E-state index >= 15 is 0 Å². The third-order valence-corrected chi connectivity index (χ3v) is 2.47. The van der Waals surface area contributed by atoms with Gasteiger partial charge in [0.25, 0.3) is 0 Å². The summed E-state index contributed by atoms with van der Waals surface area (Å²) in [6.45, 7) is 6.21. The lowest BCUT2D eigenvalue weighted by Crippen LogP contribution is -2.43. The van der Waals surface area contributed by atoms with Gasteiger partial charge < -0.3 is 15.7 Å². The van der Waals surface area contributed by atoms with Gasteiger partial charge in [0.05, 0.1) is 12.4 Å². The second-order valence-electron chi connectivity index (χ2n) is 4.35. The number of aromatic carboxylic acids is 1. The second kappa shape index (κ2) is 6.67. The summed E-state index contributed by atoms with van der Waals surface area (Å²) in [6.07, 6.45) is 2.46. The van der Waals surface area contributed by atoms with E-state index in [2.05, 4.69) is 20.6 Å². The average molecular weight is 266 g/mol. The van der Waals surface area contributed by atoms with Crippen molar-refractivity contribution in [2.24, 2.45) is 5.92 Å². The first kappa shape index (κ1) is 14.9. The molecular formula is C12H18N4O3. The summed E-state index contributed by atoms with van der Waals surface area (Å²) < 4.78 is 0. The molecule has 3 N–H and O–H groups in total. The Hall–Kier alpha value is -2.18. The standard InChI is InChI=1S/C12H18N4O3/c1-4-13-11(17)10(7(2)3)16-9-6-14-8(5-15-9)12(18)19/h5-7,10H,4H2,1-3H3,(H,13,17)(H,15,16)(H,18,19)/t10-/m0/s1. The summed E-state index contributed by atoms with van der Waals surface area (Å²) in [4.78, 5) is 30.2. The van der Waals surface area contributed by atoms with E-state index in [0.717, 1.165) is 6.20 Å². The van der Waals surface area contributed by atoms with Gasteiger partial charge in [0, 0.05) is 6.54 Å². The van der Waals surface area contributed by atoms with Crippen LogP contribution < -0.4 is 10.6 Å². The number of hydrogen-bond donors (Lipinski definition) is 3. The smallest absolute Gasteiger partial charge is 0.356 e. The van der Waals surface area contributed by atoms with Crippen molar-refractivity contribution in [3.8, 4) is 0 Å². The second-order valence-corrected chi connectivity index (χ2v) is 4.35. The molecule has 0 radical (unpaired) electrons. The molecule has 0 saturated heterocycles. The van der Waals surface area contributed by atoms with Crippen molar-refractivity contribution < 1.29 is 14.7 Å². The number of likely N-dealkylation sites (N-methyl/N-ethyl adjacent to an activating group) is 1. The minimum absolute atomic E-state index is 0.0625. The van der Waals surface area contributed by atoms with Gasteiger partial charge in [-0.1, -0.05) is 13.8 Å². The quantitative estimate of drug-likeness (QED) is 0.701. The number of amides is 1. The highest BCUT2D eigenvalue weighted by molar-refractivity contribution is 5.85. The number of rotatable bonds is 6. The molecule has 1 rings (SSSR count). The fraction of sp³-hybridized carbons (Fsp3) is 0.500. The molecule has 1 aromatic heterocycles. The van der Waals surface area contributed by atoms with Crippen LogP contribution in [0.25, 0.3) is 0 Å². The van der Waals surface area contributed by atoms with E-state index in [9.17, 15) is 9.59 Å². The molecule has 0 fully saturated rings. The molecule has 1 amide bonds. The first-order valence-electron chi connectivity index (χ1n) is 6.05. The summed E-state index contributed by atoms with van der Waals surface area (Å²) in [5.41, 5.74) is -0.135. The Morgan fingerprint density at radius 3 is 2.42 bits per heavy atom. The molecule has 0 spiro atoms. The maximum Gasteiger partial charge on any atom is 0.356 e. The van der Waals surface area contributed by atoms with Crippen LogP contribution in [0.5, 0.6) is 0 Å². The molecule has 0 bridgehead atoms. The lowest BCUT2D eigenvalue weighted by molar-refractivity contribution is -0.122. The monoisotopic (exact) mass is 266 g/mol. The van der Waals surface area contributed by atoms with Crippen LogP contribution in [-0.4, -0.2) is 39.5 Å². The molecule has 0 aromatic carbocycles. The molecule has 0 unspecified atom stereocenters. The SMILES string of the molecule is CCNC(=O)[C@@H](Nc1cnc(C(=O)O)cn1)C(C)C. The number of carboxylic acid groups (broad SMARTS) is 1. The van der Waals surface area contributed by atoms with Crippen molar-refractivity contribution in [1.29, 1.82) is 0 Å². The van der Waals surface area contributed by atoms with E-state index in [0.29, 0.717) is 12.4 Å². The van der Waals surface area contributed by atoms with E-state index < -0.39 is 12.0 Å². The van der Waals surface area contributed by atoms with Crippen molar-refractivity contribution in [3.05, 3.63) is 18.1 Å². The van der Waals surface area contributed by atoms with Gasteiger partial charge in [-0.25, -0.2) is 14.8 Å². The highest BCUT2D eigenvalue weighted by Crippen LogP contribution is 2.10. The normalized spacial score (nSPS) is 12.0. The number of carbonyl (C=O) groups is 2. The highest BCUT2D eigenvalue weighted by Gasteiger charge is 2.21. The van der Waals surface area contributed by atoms with Gasteiger partial charge in [-0.05, 0) is 12.8 Å². The lowest BCUT2D eigenvalue weighted by Gasteiger charge is -2.21. The van der Waals surface area contributed by atoms with Crippen LogP contribution in [0.3, 0.4) is 0 Å². The largest absolute Gasteiger partial charge is 0.476 e. The summed E-state index contributed by atoms with van der Waals surface area (Å²) in [6, 6.07) is -0.440. The average Bonchev–Trinajstić information content (AvgIpc) is 2.36. The molecule has 7 nitrogen and oxygen atoms in total. The predicted molar refractivity (Wildman–Crippen MR) is 69.9 cm³/mol. The number of nitrogens with one attached hydrogen (secondary N) is 2. The molecule has 0 aliphatic heterocycles. The molecule has 0 saturated carbocycles. The van der Waals surface area contributed by atoms with E-state index in [1.54, 1.807) is 0 Å². The van der Waals surface area contributed by atoms with Gasteiger partial charge in [0.2, 0.25) is 5.91 Å². The Morgan fingerprint density at radius 2 is 2.00 bits per heavy atom. The fourth-order valence-corrected chi connectivity index (χ4v) is 1.49. The Bertz CT molecular complexity index is 445. The van der Waals surface area contributed by atoms with Crippen LogP contribution in [0, 0.1) is 5.92 Å². The summed E-state index contributed by atoms with van der Waals surface area (Å²) in [5, 5.41) is 14.4. The van der Waals surface area contributed by atoms with Crippen molar-refractivity contribution in [3.63, 3.8) is 0 Å². The molecule has 1 aromatic rings. The molecule has 1 heterocycles. The van der Waals surface area contributed by atoms with Gasteiger partial charge in [-0.15, -0.1) is 0 Å². The van der Waals surface area contributed by atoms with Crippen molar-refractivity contribution in [2.75, 3.05) is 11.9 Å². The molecule has 19 heavy (non-hydrogen) atoms. The van der Waals surface area contributed by atoms with Gasteiger partial charge in [0.15, 0.2) is 5.69 Å². The third-order valence-electron chi connectivity index (χ3n) is 2.47. The van der Waals surface area contributed by atoms with E-state index in [1.807, 2.05) is 20.8 Å². The Kier molecular flexibility index (Phi) is 5.23. The highest BCUT2D eigenvalue weighted by atomic mass is 16.4. The summed E-state index contributed by atoms with van der Waals surface area (Å²) >= 11 is 0. The first-order valence-corrected chi connectivity index (χ1v) is 6.05. The van der Waals surface area contributed by atoms with Crippen LogP contribution in [-0.2, 0) is 4.79 Å². The number of aromatic nitrogens is 2. The molecule has 0 aliphatic carbocycles. The lowest BCUT2D eigenvalue weighted by atomic mass is 10.0. The zero-order chi connectivity index (χ0) is 14.4. The van der Waals surface area contributed by atoms with Crippen molar-refractivity contribution >= 4 is 17.7 Å². The van der Waals surface area contributed by atoms with Crippen LogP contribution in [0.4, 0.5) is 5.82 Å². The summed E-state index contributed by atoms with van der Waals surface area (Å²) in [7, 11) is 0. The number of carbonyl (C=O) groups excluding carboxylic acids is 1. The van der Waals surface area contributed by atoms with Crippen LogP contribution in [0.2, 0.25) is 0 Å². The maximum absolute atomic E-state index is 11.8. The molecule has 7 heteroatoms. The fourth-order valence-electron chi connectivity index (χ4n) is 1.49. The zero-order valence-corrected chi connectivity index (χ0v) is 11.2. The van der Waals surface area contributed by atoms with Gasteiger partial charge in [0.1, 0.15) is 11.9 Å². The van der Waals surface area contributed by atoms with Crippen LogP contribution >= 0.6 is 0 Å². The minimum atomic E-state index is -1.14. The van der Waals surface area contributed by atoms with Crippen molar-refractivity contribution in [2.45, 2.75) is 26.8 Å².